The summed E-state index contributed by atoms with van der Waals surface area (Å²) in [4.78, 5) is 12.6. The Hall–Kier alpha value is -1.46. The van der Waals surface area contributed by atoms with Gasteiger partial charge >= 0.3 is 0 Å². The van der Waals surface area contributed by atoms with Crippen molar-refractivity contribution < 1.29 is 14.3 Å². The molecule has 1 aliphatic heterocycles. The van der Waals surface area contributed by atoms with Crippen molar-refractivity contribution in [3.63, 3.8) is 0 Å². The van der Waals surface area contributed by atoms with E-state index in [0.29, 0.717) is 19.8 Å². The molecule has 2 fully saturated rings. The summed E-state index contributed by atoms with van der Waals surface area (Å²) in [5, 5.41) is 3.19. The number of hydrogen-bond donors (Lipinski definition) is 2. The van der Waals surface area contributed by atoms with Crippen molar-refractivity contribution in [3.05, 3.63) is 23.8 Å². The zero-order valence-corrected chi connectivity index (χ0v) is 16.0. The molecule has 5 nitrogen and oxygen atoms in total. The van der Waals surface area contributed by atoms with Gasteiger partial charge < -0.3 is 20.5 Å². The standard InChI is InChI=1S/C20H28N2O3.ClH/c21-20(9-3-4-10-20)18(23)22-14-19(7-1-2-8-19)15-5-6-16-17(13-15)25-12-11-24-16;/h5-6,13H,1-4,7-12,14,21H2,(H,22,23);1H. The Labute approximate surface area is 161 Å². The molecule has 0 unspecified atom stereocenters. The third-order valence-electron chi connectivity index (χ3n) is 6.25. The minimum atomic E-state index is -0.660. The van der Waals surface area contributed by atoms with Crippen LogP contribution in [0.1, 0.15) is 56.9 Å². The minimum absolute atomic E-state index is 0. The van der Waals surface area contributed by atoms with E-state index >= 15 is 0 Å². The van der Waals surface area contributed by atoms with Gasteiger partial charge in [-0.3, -0.25) is 4.79 Å². The van der Waals surface area contributed by atoms with Crippen LogP contribution in [-0.4, -0.2) is 31.2 Å². The zero-order chi connectivity index (χ0) is 17.3. The summed E-state index contributed by atoms with van der Waals surface area (Å²) < 4.78 is 11.4. The van der Waals surface area contributed by atoms with Gasteiger partial charge in [0.2, 0.25) is 5.91 Å². The van der Waals surface area contributed by atoms with Gasteiger partial charge in [0.05, 0.1) is 5.54 Å². The second kappa shape index (κ2) is 7.65. The fourth-order valence-electron chi connectivity index (χ4n) is 4.65. The van der Waals surface area contributed by atoms with E-state index in [1.165, 1.54) is 18.4 Å². The summed E-state index contributed by atoms with van der Waals surface area (Å²) in [6.45, 7) is 1.85. The monoisotopic (exact) mass is 380 g/mol. The predicted octanol–water partition coefficient (Wildman–Crippen LogP) is 3.08. The molecule has 3 aliphatic rings. The molecule has 0 saturated heterocycles. The first-order chi connectivity index (χ1) is 12.1. The van der Waals surface area contributed by atoms with E-state index in [1.807, 2.05) is 6.07 Å². The normalized spacial score (nSPS) is 22.5. The zero-order valence-electron chi connectivity index (χ0n) is 15.2. The van der Waals surface area contributed by atoms with Gasteiger partial charge in [0.1, 0.15) is 13.2 Å². The molecule has 0 radical (unpaired) electrons. The Kier molecular flexibility index (Phi) is 5.68. The quantitative estimate of drug-likeness (QED) is 0.841. The van der Waals surface area contributed by atoms with Gasteiger partial charge in [0.15, 0.2) is 11.5 Å². The average Bonchev–Trinajstić information content (AvgIpc) is 3.30. The summed E-state index contributed by atoms with van der Waals surface area (Å²) in [5.74, 6) is 1.67. The SMILES string of the molecule is Cl.NC1(C(=O)NCC2(c3ccc4c(c3)OCCO4)CCCC2)CCCC1. The molecule has 1 aromatic rings. The molecule has 2 saturated carbocycles. The molecule has 0 atom stereocenters. The van der Waals surface area contributed by atoms with Gasteiger partial charge in [-0.1, -0.05) is 31.7 Å². The third kappa shape index (κ3) is 3.52. The number of benzene rings is 1. The highest BCUT2D eigenvalue weighted by molar-refractivity contribution is 5.86. The van der Waals surface area contributed by atoms with Crippen molar-refractivity contribution >= 4 is 18.3 Å². The number of rotatable bonds is 4. The summed E-state index contributed by atoms with van der Waals surface area (Å²) in [7, 11) is 0. The first kappa shape index (κ1) is 19.3. The molecule has 2 aliphatic carbocycles. The predicted molar refractivity (Wildman–Crippen MR) is 103 cm³/mol. The van der Waals surface area contributed by atoms with Crippen molar-refractivity contribution in [2.45, 2.75) is 62.3 Å². The highest BCUT2D eigenvalue weighted by Crippen LogP contribution is 2.44. The van der Waals surface area contributed by atoms with Crippen LogP contribution in [0.2, 0.25) is 0 Å². The Morgan fingerprint density at radius 3 is 2.31 bits per heavy atom. The minimum Gasteiger partial charge on any atom is -0.486 e. The average molecular weight is 381 g/mol. The van der Waals surface area contributed by atoms with E-state index in [4.69, 9.17) is 15.2 Å². The van der Waals surface area contributed by atoms with Crippen molar-refractivity contribution in [3.8, 4) is 11.5 Å². The number of nitrogens with one attached hydrogen (secondary N) is 1. The number of fused-ring (bicyclic) bond motifs is 1. The third-order valence-corrected chi connectivity index (χ3v) is 6.25. The number of carbonyl (C=O) groups excluding carboxylic acids is 1. The second-order valence-corrected chi connectivity index (χ2v) is 7.89. The van der Waals surface area contributed by atoms with E-state index in [1.54, 1.807) is 0 Å². The summed E-state index contributed by atoms with van der Waals surface area (Å²) >= 11 is 0. The lowest BCUT2D eigenvalue weighted by Gasteiger charge is -2.33. The van der Waals surface area contributed by atoms with E-state index in [-0.39, 0.29) is 23.7 Å². The topological polar surface area (TPSA) is 73.6 Å². The van der Waals surface area contributed by atoms with Crippen LogP contribution in [0.4, 0.5) is 0 Å². The highest BCUT2D eigenvalue weighted by atomic mass is 35.5. The van der Waals surface area contributed by atoms with Gasteiger partial charge in [0.25, 0.3) is 0 Å². The number of ether oxygens (including phenoxy) is 2. The number of carbonyl (C=O) groups is 1. The maximum absolute atomic E-state index is 12.6. The van der Waals surface area contributed by atoms with E-state index in [0.717, 1.165) is 50.0 Å². The molecule has 1 aromatic carbocycles. The molecule has 1 heterocycles. The molecule has 6 heteroatoms. The molecule has 0 spiro atoms. The Morgan fingerprint density at radius 2 is 1.62 bits per heavy atom. The Bertz CT molecular complexity index is 652. The molecule has 4 rings (SSSR count). The first-order valence-electron chi connectivity index (χ1n) is 9.59. The molecule has 3 N–H and O–H groups in total. The molecular formula is C20H29ClN2O3. The van der Waals surface area contributed by atoms with Crippen LogP contribution in [0.15, 0.2) is 18.2 Å². The summed E-state index contributed by atoms with van der Waals surface area (Å²) in [6, 6.07) is 6.26. The Balaban J connectivity index is 0.00000196. The van der Waals surface area contributed by atoms with Crippen LogP contribution < -0.4 is 20.5 Å². The number of hydrogen-bond acceptors (Lipinski definition) is 4. The lowest BCUT2D eigenvalue weighted by Crippen LogP contribution is -2.54. The van der Waals surface area contributed by atoms with Crippen LogP contribution in [0.25, 0.3) is 0 Å². The molecular weight excluding hydrogens is 352 g/mol. The fourth-order valence-corrected chi connectivity index (χ4v) is 4.65. The number of amides is 1. The smallest absolute Gasteiger partial charge is 0.240 e. The van der Waals surface area contributed by atoms with Crippen molar-refractivity contribution in [1.29, 1.82) is 0 Å². The van der Waals surface area contributed by atoms with E-state index < -0.39 is 5.54 Å². The molecule has 0 bridgehead atoms. The van der Waals surface area contributed by atoms with Crippen LogP contribution in [0.5, 0.6) is 11.5 Å². The van der Waals surface area contributed by atoms with Crippen LogP contribution in [-0.2, 0) is 10.2 Å². The largest absolute Gasteiger partial charge is 0.486 e. The maximum Gasteiger partial charge on any atom is 0.240 e. The first-order valence-corrected chi connectivity index (χ1v) is 9.59. The second-order valence-electron chi connectivity index (χ2n) is 7.89. The molecule has 144 valence electrons. The van der Waals surface area contributed by atoms with Crippen LogP contribution >= 0.6 is 12.4 Å². The van der Waals surface area contributed by atoms with E-state index in [9.17, 15) is 4.79 Å². The molecule has 1 amide bonds. The van der Waals surface area contributed by atoms with Gasteiger partial charge in [-0.2, -0.15) is 0 Å². The number of nitrogens with two attached hydrogens (primary N) is 1. The maximum atomic E-state index is 12.6. The lowest BCUT2D eigenvalue weighted by molar-refractivity contribution is -0.126. The van der Waals surface area contributed by atoms with Gasteiger partial charge in [-0.25, -0.2) is 0 Å². The summed E-state index contributed by atoms with van der Waals surface area (Å²) in [5.41, 5.74) is 6.88. The van der Waals surface area contributed by atoms with Crippen molar-refractivity contribution in [2.24, 2.45) is 5.73 Å². The van der Waals surface area contributed by atoms with Gasteiger partial charge in [0, 0.05) is 12.0 Å². The molecule has 0 aromatic heterocycles. The van der Waals surface area contributed by atoms with Crippen LogP contribution in [0, 0.1) is 0 Å². The fraction of sp³-hybridized carbons (Fsp3) is 0.650. The lowest BCUT2D eigenvalue weighted by atomic mass is 9.78. The highest BCUT2D eigenvalue weighted by Gasteiger charge is 2.41. The Morgan fingerprint density at radius 1 is 1.00 bits per heavy atom. The van der Waals surface area contributed by atoms with Gasteiger partial charge in [-0.05, 0) is 43.4 Å². The van der Waals surface area contributed by atoms with Crippen LogP contribution in [0.3, 0.4) is 0 Å². The van der Waals surface area contributed by atoms with Crippen molar-refractivity contribution in [1.82, 2.24) is 5.32 Å². The molecule has 26 heavy (non-hydrogen) atoms. The van der Waals surface area contributed by atoms with E-state index in [2.05, 4.69) is 17.4 Å². The van der Waals surface area contributed by atoms with Crippen molar-refractivity contribution in [2.75, 3.05) is 19.8 Å². The summed E-state index contributed by atoms with van der Waals surface area (Å²) in [6.07, 6.45) is 8.27. The number of halogens is 1. The van der Waals surface area contributed by atoms with Gasteiger partial charge in [-0.15, -0.1) is 12.4 Å².